The largest absolute Gasteiger partial charge is 0.394 e. The first kappa shape index (κ1) is 15.7. The maximum Gasteiger partial charge on any atom is 0.0770 e. The van der Waals surface area contributed by atoms with E-state index in [1.54, 1.807) is 0 Å². The molecule has 0 saturated heterocycles. The number of hydrogen-bond donors (Lipinski definition) is 2. The van der Waals surface area contributed by atoms with Gasteiger partial charge in [0.1, 0.15) is 0 Å². The summed E-state index contributed by atoms with van der Waals surface area (Å²) >= 11 is 0. The highest BCUT2D eigenvalue weighted by Gasteiger charge is 2.00. The summed E-state index contributed by atoms with van der Waals surface area (Å²) in [6.07, 6.45) is 13.5. The molecule has 2 N–H and O–H groups in total. The second-order valence-electron chi connectivity index (χ2n) is 4.53. The van der Waals surface area contributed by atoms with Crippen LogP contribution in [0.15, 0.2) is 12.7 Å². The maximum atomic E-state index is 9.12. The van der Waals surface area contributed by atoms with Crippen molar-refractivity contribution in [3.8, 4) is 0 Å². The van der Waals surface area contributed by atoms with Crippen LogP contribution in [0.25, 0.3) is 0 Å². The number of allylic oxidation sites excluding steroid dienone is 1. The Labute approximate surface area is 100 Å². The summed E-state index contributed by atoms with van der Waals surface area (Å²) in [6, 6.07) is 0. The van der Waals surface area contributed by atoms with Crippen LogP contribution < -0.4 is 0 Å². The topological polar surface area (TPSA) is 40.5 Å². The van der Waals surface area contributed by atoms with Crippen LogP contribution in [0.5, 0.6) is 0 Å². The molecule has 0 aliphatic carbocycles. The summed E-state index contributed by atoms with van der Waals surface area (Å²) in [5.41, 5.74) is 0. The van der Waals surface area contributed by atoms with Crippen LogP contribution >= 0.6 is 0 Å². The van der Waals surface area contributed by atoms with E-state index >= 15 is 0 Å². The fourth-order valence-corrected chi connectivity index (χ4v) is 1.82. The van der Waals surface area contributed by atoms with Gasteiger partial charge in [0.2, 0.25) is 0 Å². The molecule has 0 aromatic carbocycles. The molecule has 0 aliphatic rings. The van der Waals surface area contributed by atoms with Crippen molar-refractivity contribution in [3.05, 3.63) is 12.7 Å². The third-order valence-electron chi connectivity index (χ3n) is 2.91. The average molecular weight is 228 g/mol. The smallest absolute Gasteiger partial charge is 0.0770 e. The van der Waals surface area contributed by atoms with Gasteiger partial charge in [0, 0.05) is 0 Å². The van der Waals surface area contributed by atoms with E-state index in [9.17, 15) is 0 Å². The third kappa shape index (κ3) is 11.7. The van der Waals surface area contributed by atoms with Gasteiger partial charge in [-0.1, -0.05) is 51.0 Å². The zero-order chi connectivity index (χ0) is 12.1. The zero-order valence-electron chi connectivity index (χ0n) is 10.5. The Morgan fingerprint density at radius 3 is 1.88 bits per heavy atom. The van der Waals surface area contributed by atoms with Crippen LogP contribution in [0, 0.1) is 0 Å². The van der Waals surface area contributed by atoms with Gasteiger partial charge in [-0.05, 0) is 19.3 Å². The summed E-state index contributed by atoms with van der Waals surface area (Å²) in [5, 5.41) is 17.7. The van der Waals surface area contributed by atoms with Gasteiger partial charge in [-0.2, -0.15) is 0 Å². The van der Waals surface area contributed by atoms with Crippen molar-refractivity contribution in [2.24, 2.45) is 0 Å². The van der Waals surface area contributed by atoms with E-state index < -0.39 is 6.10 Å². The van der Waals surface area contributed by atoms with Gasteiger partial charge in [-0.3, -0.25) is 0 Å². The first-order chi connectivity index (χ1) is 7.81. The second kappa shape index (κ2) is 12.7. The number of aliphatic hydroxyl groups excluding tert-OH is 2. The van der Waals surface area contributed by atoms with E-state index in [-0.39, 0.29) is 6.61 Å². The zero-order valence-corrected chi connectivity index (χ0v) is 10.5. The van der Waals surface area contributed by atoms with Crippen LogP contribution in [-0.4, -0.2) is 22.9 Å². The highest BCUT2D eigenvalue weighted by molar-refractivity contribution is 4.65. The molecule has 0 saturated carbocycles. The molecule has 16 heavy (non-hydrogen) atoms. The van der Waals surface area contributed by atoms with Gasteiger partial charge < -0.3 is 10.2 Å². The molecule has 0 fully saturated rings. The Kier molecular flexibility index (Phi) is 12.5. The van der Waals surface area contributed by atoms with Gasteiger partial charge >= 0.3 is 0 Å². The molecule has 0 amide bonds. The van der Waals surface area contributed by atoms with Gasteiger partial charge in [0.05, 0.1) is 12.7 Å². The molecule has 2 nitrogen and oxygen atoms in total. The van der Waals surface area contributed by atoms with Crippen LogP contribution in [0.4, 0.5) is 0 Å². The van der Waals surface area contributed by atoms with E-state index in [1.807, 2.05) is 6.08 Å². The molecule has 0 bridgehead atoms. The van der Waals surface area contributed by atoms with Crippen molar-refractivity contribution in [1.82, 2.24) is 0 Å². The summed E-state index contributed by atoms with van der Waals surface area (Å²) in [5.74, 6) is 0. The predicted octanol–water partition coefficient (Wildman–Crippen LogP) is 3.43. The van der Waals surface area contributed by atoms with E-state index in [1.165, 1.54) is 44.9 Å². The summed E-state index contributed by atoms with van der Waals surface area (Å²) in [4.78, 5) is 0. The van der Waals surface area contributed by atoms with Gasteiger partial charge in [0.25, 0.3) is 0 Å². The van der Waals surface area contributed by atoms with Crippen molar-refractivity contribution in [2.75, 3.05) is 6.61 Å². The van der Waals surface area contributed by atoms with E-state index in [0.29, 0.717) is 0 Å². The first-order valence-electron chi connectivity index (χ1n) is 6.71. The second-order valence-corrected chi connectivity index (χ2v) is 4.53. The molecule has 0 aliphatic heterocycles. The quantitative estimate of drug-likeness (QED) is 0.397. The Hall–Kier alpha value is -0.340. The van der Waals surface area contributed by atoms with Crippen LogP contribution in [0.1, 0.15) is 64.2 Å². The fraction of sp³-hybridized carbons (Fsp3) is 0.857. The molecule has 0 heterocycles. The predicted molar refractivity (Wildman–Crippen MR) is 69.5 cm³/mol. The van der Waals surface area contributed by atoms with Crippen molar-refractivity contribution in [1.29, 1.82) is 0 Å². The average Bonchev–Trinajstić information content (AvgIpc) is 2.31. The maximum absolute atomic E-state index is 9.12. The van der Waals surface area contributed by atoms with Gasteiger partial charge in [-0.25, -0.2) is 0 Å². The number of unbranched alkanes of at least 4 members (excludes halogenated alkanes) is 8. The lowest BCUT2D eigenvalue weighted by Gasteiger charge is -2.06. The van der Waals surface area contributed by atoms with Crippen LogP contribution in [-0.2, 0) is 0 Å². The molecular weight excluding hydrogens is 200 g/mol. The van der Waals surface area contributed by atoms with Gasteiger partial charge in [0.15, 0.2) is 0 Å². The molecule has 0 rings (SSSR count). The van der Waals surface area contributed by atoms with Crippen LogP contribution in [0.3, 0.4) is 0 Å². The highest BCUT2D eigenvalue weighted by atomic mass is 16.3. The molecule has 0 radical (unpaired) electrons. The minimum atomic E-state index is -0.501. The van der Waals surface area contributed by atoms with Crippen molar-refractivity contribution >= 4 is 0 Å². The molecule has 0 aromatic rings. The summed E-state index contributed by atoms with van der Waals surface area (Å²) < 4.78 is 0. The molecule has 0 spiro atoms. The Morgan fingerprint density at radius 1 is 0.875 bits per heavy atom. The third-order valence-corrected chi connectivity index (χ3v) is 2.91. The lowest BCUT2D eigenvalue weighted by molar-refractivity contribution is 0.0860. The van der Waals surface area contributed by atoms with Crippen LogP contribution in [0.2, 0.25) is 0 Å². The summed E-state index contributed by atoms with van der Waals surface area (Å²) in [6.45, 7) is 3.62. The minimum Gasteiger partial charge on any atom is -0.394 e. The molecule has 1 unspecified atom stereocenters. The fourth-order valence-electron chi connectivity index (χ4n) is 1.82. The van der Waals surface area contributed by atoms with E-state index in [2.05, 4.69) is 6.58 Å². The Balaban J connectivity index is 2.96. The van der Waals surface area contributed by atoms with Crippen molar-refractivity contribution < 1.29 is 10.2 Å². The van der Waals surface area contributed by atoms with Crippen molar-refractivity contribution in [3.63, 3.8) is 0 Å². The highest BCUT2D eigenvalue weighted by Crippen LogP contribution is 2.11. The molecule has 1 atom stereocenters. The minimum absolute atomic E-state index is 0.0939. The van der Waals surface area contributed by atoms with E-state index in [0.717, 1.165) is 19.3 Å². The normalized spacial score (nSPS) is 12.6. The van der Waals surface area contributed by atoms with Gasteiger partial charge in [-0.15, -0.1) is 6.58 Å². The Bertz CT molecular complexity index is 146. The number of rotatable bonds is 12. The monoisotopic (exact) mass is 228 g/mol. The molecule has 0 aromatic heterocycles. The summed E-state index contributed by atoms with van der Waals surface area (Å²) in [7, 11) is 0. The molecule has 2 heteroatoms. The molecular formula is C14H28O2. The first-order valence-corrected chi connectivity index (χ1v) is 6.71. The standard InChI is InChI=1S/C14H28O2/c1-2-3-4-5-6-7-8-9-10-11-12-14(16)13-15/h2,14-16H,1,3-13H2. The lowest BCUT2D eigenvalue weighted by Crippen LogP contribution is -2.10. The van der Waals surface area contributed by atoms with Crippen molar-refractivity contribution in [2.45, 2.75) is 70.3 Å². The molecule has 96 valence electrons. The lowest BCUT2D eigenvalue weighted by atomic mass is 10.1. The number of aliphatic hydroxyl groups is 2. The van der Waals surface area contributed by atoms with E-state index in [4.69, 9.17) is 10.2 Å². The SMILES string of the molecule is C=CCCCCCCCCCCC(O)CO. The number of hydrogen-bond acceptors (Lipinski definition) is 2. The Morgan fingerprint density at radius 2 is 1.38 bits per heavy atom.